The molecular formula is C17H17NO. The molecule has 0 saturated heterocycles. The molecule has 1 aliphatic carbocycles. The fraction of sp³-hybridized carbons (Fsp3) is 0.235. The van der Waals surface area contributed by atoms with Crippen LogP contribution < -0.4 is 4.74 Å². The number of ether oxygens (including phenoxy) is 1. The van der Waals surface area contributed by atoms with Gasteiger partial charge in [-0.1, -0.05) is 36.4 Å². The monoisotopic (exact) mass is 251 g/mol. The Morgan fingerprint density at radius 1 is 1.00 bits per heavy atom. The third kappa shape index (κ3) is 2.68. The molecule has 2 aromatic rings. The molecule has 2 nitrogen and oxygen atoms in total. The van der Waals surface area contributed by atoms with E-state index >= 15 is 0 Å². The maximum Gasteiger partial charge on any atom is 0.120 e. The molecule has 0 bridgehead atoms. The van der Waals surface area contributed by atoms with Gasteiger partial charge in [-0.25, -0.2) is 0 Å². The molecule has 0 atom stereocenters. The van der Waals surface area contributed by atoms with Crippen molar-refractivity contribution in [3.05, 3.63) is 65.2 Å². The van der Waals surface area contributed by atoms with E-state index in [0.717, 1.165) is 41.9 Å². The van der Waals surface area contributed by atoms with E-state index in [1.165, 1.54) is 5.56 Å². The zero-order valence-electron chi connectivity index (χ0n) is 10.9. The molecule has 2 heteroatoms. The Kier molecular flexibility index (Phi) is 3.32. The summed E-state index contributed by atoms with van der Waals surface area (Å²) in [6.45, 7) is 0.576. The first-order chi connectivity index (χ1) is 9.33. The van der Waals surface area contributed by atoms with Gasteiger partial charge in [-0.3, -0.25) is 0 Å². The van der Waals surface area contributed by atoms with Crippen LogP contribution in [-0.2, 0) is 13.0 Å². The van der Waals surface area contributed by atoms with Gasteiger partial charge in [0.2, 0.25) is 0 Å². The number of hydrogen-bond donors (Lipinski definition) is 1. The van der Waals surface area contributed by atoms with E-state index in [2.05, 4.69) is 18.2 Å². The van der Waals surface area contributed by atoms with E-state index in [9.17, 15) is 0 Å². The summed E-state index contributed by atoms with van der Waals surface area (Å²) in [5.41, 5.74) is 4.25. The van der Waals surface area contributed by atoms with Crippen molar-refractivity contribution < 1.29 is 4.74 Å². The number of fused-ring (bicyclic) bond motifs is 1. The van der Waals surface area contributed by atoms with Gasteiger partial charge in [-0.15, -0.1) is 0 Å². The Morgan fingerprint density at radius 2 is 1.84 bits per heavy atom. The molecule has 1 N–H and O–H groups in total. The van der Waals surface area contributed by atoms with Gasteiger partial charge in [-0.05, 0) is 42.5 Å². The third-order valence-electron chi connectivity index (χ3n) is 3.53. The van der Waals surface area contributed by atoms with Crippen molar-refractivity contribution in [2.24, 2.45) is 0 Å². The van der Waals surface area contributed by atoms with Gasteiger partial charge >= 0.3 is 0 Å². The van der Waals surface area contributed by atoms with Crippen molar-refractivity contribution in [1.29, 1.82) is 5.41 Å². The quantitative estimate of drug-likeness (QED) is 0.879. The van der Waals surface area contributed by atoms with Crippen LogP contribution in [0.1, 0.15) is 29.5 Å². The summed E-state index contributed by atoms with van der Waals surface area (Å²) < 4.78 is 5.81. The molecular weight excluding hydrogens is 234 g/mol. The van der Waals surface area contributed by atoms with Crippen molar-refractivity contribution in [2.75, 3.05) is 0 Å². The van der Waals surface area contributed by atoms with Gasteiger partial charge in [0.1, 0.15) is 12.4 Å². The van der Waals surface area contributed by atoms with Crippen LogP contribution in [0.5, 0.6) is 5.75 Å². The van der Waals surface area contributed by atoms with Crippen LogP contribution in [0.2, 0.25) is 0 Å². The van der Waals surface area contributed by atoms with E-state index in [4.69, 9.17) is 10.1 Å². The topological polar surface area (TPSA) is 33.1 Å². The van der Waals surface area contributed by atoms with Gasteiger partial charge in [0.15, 0.2) is 0 Å². The summed E-state index contributed by atoms with van der Waals surface area (Å²) >= 11 is 0. The summed E-state index contributed by atoms with van der Waals surface area (Å²) in [6, 6.07) is 16.3. The molecule has 3 rings (SSSR count). The first-order valence-corrected chi connectivity index (χ1v) is 6.70. The third-order valence-corrected chi connectivity index (χ3v) is 3.53. The first kappa shape index (κ1) is 12.0. The van der Waals surface area contributed by atoms with Crippen LogP contribution in [0.3, 0.4) is 0 Å². The number of benzene rings is 2. The van der Waals surface area contributed by atoms with E-state index < -0.39 is 0 Å². The number of rotatable bonds is 3. The molecule has 0 aromatic heterocycles. The smallest absolute Gasteiger partial charge is 0.120 e. The predicted molar refractivity (Wildman–Crippen MR) is 77.0 cm³/mol. The first-order valence-electron chi connectivity index (χ1n) is 6.70. The predicted octanol–water partition coefficient (Wildman–Crippen LogP) is 3.97. The standard InChI is InChI=1S/C17H17NO/c18-17-8-4-7-14-9-10-15(11-16(14)17)19-12-13-5-2-1-3-6-13/h1-3,5-6,9-11,18H,4,7-8,12H2. The van der Waals surface area contributed by atoms with Crippen molar-refractivity contribution in [3.8, 4) is 5.75 Å². The summed E-state index contributed by atoms with van der Waals surface area (Å²) in [4.78, 5) is 0. The molecule has 0 spiro atoms. The molecule has 2 aromatic carbocycles. The SMILES string of the molecule is N=C1CCCc2ccc(OCc3ccccc3)cc21. The molecule has 0 radical (unpaired) electrons. The molecule has 0 unspecified atom stereocenters. The average Bonchev–Trinajstić information content (AvgIpc) is 2.47. The molecule has 96 valence electrons. The second-order valence-corrected chi connectivity index (χ2v) is 4.93. The Morgan fingerprint density at radius 3 is 2.68 bits per heavy atom. The highest BCUT2D eigenvalue weighted by atomic mass is 16.5. The van der Waals surface area contributed by atoms with Crippen molar-refractivity contribution in [2.45, 2.75) is 25.9 Å². The van der Waals surface area contributed by atoms with E-state index in [0.29, 0.717) is 6.61 Å². The maximum atomic E-state index is 8.01. The molecule has 0 heterocycles. The van der Waals surface area contributed by atoms with Gasteiger partial charge < -0.3 is 10.1 Å². The lowest BCUT2D eigenvalue weighted by Crippen LogP contribution is -2.10. The lowest BCUT2D eigenvalue weighted by atomic mass is 9.90. The minimum Gasteiger partial charge on any atom is -0.489 e. The minimum atomic E-state index is 0.576. The molecule has 0 amide bonds. The Balaban J connectivity index is 1.75. The van der Waals surface area contributed by atoms with E-state index in [1.807, 2.05) is 30.3 Å². The number of aryl methyl sites for hydroxylation is 1. The number of nitrogens with one attached hydrogen (secondary N) is 1. The second kappa shape index (κ2) is 5.27. The summed E-state index contributed by atoms with van der Waals surface area (Å²) in [5, 5.41) is 8.01. The van der Waals surface area contributed by atoms with Crippen LogP contribution >= 0.6 is 0 Å². The largest absolute Gasteiger partial charge is 0.489 e. The number of hydrogen-bond acceptors (Lipinski definition) is 2. The van der Waals surface area contributed by atoms with Crippen LogP contribution in [0, 0.1) is 5.41 Å². The Hall–Kier alpha value is -2.09. The highest BCUT2D eigenvalue weighted by molar-refractivity contribution is 6.00. The fourth-order valence-electron chi connectivity index (χ4n) is 2.48. The average molecular weight is 251 g/mol. The van der Waals surface area contributed by atoms with Crippen molar-refractivity contribution in [3.63, 3.8) is 0 Å². The Bertz CT molecular complexity index is 589. The molecule has 0 aliphatic heterocycles. The van der Waals surface area contributed by atoms with Crippen LogP contribution in [0.25, 0.3) is 0 Å². The highest BCUT2D eigenvalue weighted by Gasteiger charge is 2.14. The maximum absolute atomic E-state index is 8.01. The van der Waals surface area contributed by atoms with Gasteiger partial charge in [0.05, 0.1) is 0 Å². The van der Waals surface area contributed by atoms with Gasteiger partial charge in [-0.2, -0.15) is 0 Å². The minimum absolute atomic E-state index is 0.576. The molecule has 19 heavy (non-hydrogen) atoms. The fourth-order valence-corrected chi connectivity index (χ4v) is 2.48. The van der Waals surface area contributed by atoms with Crippen LogP contribution in [0.15, 0.2) is 48.5 Å². The van der Waals surface area contributed by atoms with Crippen LogP contribution in [-0.4, -0.2) is 5.71 Å². The van der Waals surface area contributed by atoms with Gasteiger partial charge in [0, 0.05) is 11.3 Å². The Labute approximate surface area is 113 Å². The zero-order chi connectivity index (χ0) is 13.1. The van der Waals surface area contributed by atoms with Crippen LogP contribution in [0.4, 0.5) is 0 Å². The lowest BCUT2D eigenvalue weighted by Gasteiger charge is -2.17. The van der Waals surface area contributed by atoms with Crippen molar-refractivity contribution >= 4 is 5.71 Å². The second-order valence-electron chi connectivity index (χ2n) is 4.93. The molecule has 1 aliphatic rings. The van der Waals surface area contributed by atoms with Crippen molar-refractivity contribution in [1.82, 2.24) is 0 Å². The lowest BCUT2D eigenvalue weighted by molar-refractivity contribution is 0.306. The van der Waals surface area contributed by atoms with E-state index in [-0.39, 0.29) is 0 Å². The summed E-state index contributed by atoms with van der Waals surface area (Å²) in [6.07, 6.45) is 3.06. The zero-order valence-corrected chi connectivity index (χ0v) is 10.9. The molecule has 0 saturated carbocycles. The summed E-state index contributed by atoms with van der Waals surface area (Å²) in [7, 11) is 0. The normalized spacial score (nSPS) is 14.0. The van der Waals surface area contributed by atoms with Gasteiger partial charge in [0.25, 0.3) is 0 Å². The molecule has 0 fully saturated rings. The van der Waals surface area contributed by atoms with E-state index in [1.54, 1.807) is 0 Å². The summed E-state index contributed by atoms with van der Waals surface area (Å²) in [5.74, 6) is 0.856. The highest BCUT2D eigenvalue weighted by Crippen LogP contribution is 2.25.